The summed E-state index contributed by atoms with van der Waals surface area (Å²) in [5.41, 5.74) is 6.04. The molecule has 106 valence electrons. The van der Waals surface area contributed by atoms with Gasteiger partial charge in [-0.05, 0) is 37.8 Å². The smallest absolute Gasteiger partial charge is 0.256 e. The Bertz CT molecular complexity index is 439. The fraction of sp³-hybridized carbons (Fsp3) is 0.500. The monoisotopic (exact) mass is 286 g/mol. The maximum atomic E-state index is 13.6. The SMILES string of the molecule is CC(N)C1CCCN(C(=O)c2ccccc2F)C1.Cl. The highest BCUT2D eigenvalue weighted by Crippen LogP contribution is 2.21. The Balaban J connectivity index is 0.00000180. The van der Waals surface area contributed by atoms with Crippen LogP contribution in [0.15, 0.2) is 24.3 Å². The van der Waals surface area contributed by atoms with E-state index in [9.17, 15) is 9.18 Å². The van der Waals surface area contributed by atoms with Crippen molar-refractivity contribution in [3.63, 3.8) is 0 Å². The fourth-order valence-electron chi connectivity index (χ4n) is 2.43. The van der Waals surface area contributed by atoms with Crippen molar-refractivity contribution >= 4 is 18.3 Å². The number of halogens is 2. The van der Waals surface area contributed by atoms with Gasteiger partial charge in [-0.15, -0.1) is 12.4 Å². The van der Waals surface area contributed by atoms with Crippen LogP contribution in [0.5, 0.6) is 0 Å². The van der Waals surface area contributed by atoms with Crippen LogP contribution >= 0.6 is 12.4 Å². The van der Waals surface area contributed by atoms with Crippen LogP contribution < -0.4 is 5.73 Å². The summed E-state index contributed by atoms with van der Waals surface area (Å²) in [6.07, 6.45) is 1.98. The lowest BCUT2D eigenvalue weighted by atomic mass is 9.92. The van der Waals surface area contributed by atoms with Gasteiger partial charge in [0.1, 0.15) is 5.82 Å². The van der Waals surface area contributed by atoms with Gasteiger partial charge in [-0.25, -0.2) is 4.39 Å². The van der Waals surface area contributed by atoms with Crippen molar-refractivity contribution in [1.29, 1.82) is 0 Å². The van der Waals surface area contributed by atoms with Gasteiger partial charge in [0, 0.05) is 19.1 Å². The summed E-state index contributed by atoms with van der Waals surface area (Å²) in [4.78, 5) is 14.0. The van der Waals surface area contributed by atoms with Crippen LogP contribution in [0.1, 0.15) is 30.1 Å². The van der Waals surface area contributed by atoms with Crippen LogP contribution in [0.3, 0.4) is 0 Å². The number of rotatable bonds is 2. The summed E-state index contributed by atoms with van der Waals surface area (Å²) in [5.74, 6) is -0.363. The first kappa shape index (κ1) is 15.9. The molecule has 2 atom stereocenters. The molecule has 1 aromatic carbocycles. The summed E-state index contributed by atoms with van der Waals surface area (Å²) in [6.45, 7) is 3.28. The molecule has 0 bridgehead atoms. The van der Waals surface area contributed by atoms with Crippen LogP contribution in [-0.4, -0.2) is 29.9 Å². The van der Waals surface area contributed by atoms with Crippen LogP contribution in [0.4, 0.5) is 4.39 Å². The Labute approximate surface area is 119 Å². The van der Waals surface area contributed by atoms with Crippen molar-refractivity contribution in [1.82, 2.24) is 4.90 Å². The number of hydrogen-bond acceptors (Lipinski definition) is 2. The molecule has 0 aliphatic carbocycles. The molecule has 0 aromatic heterocycles. The molecule has 0 spiro atoms. The molecule has 1 fully saturated rings. The van der Waals surface area contributed by atoms with Gasteiger partial charge >= 0.3 is 0 Å². The van der Waals surface area contributed by atoms with E-state index in [2.05, 4.69) is 0 Å². The number of hydrogen-bond donors (Lipinski definition) is 1. The molecule has 2 rings (SSSR count). The van der Waals surface area contributed by atoms with E-state index in [0.29, 0.717) is 19.0 Å². The third kappa shape index (κ3) is 3.67. The minimum absolute atomic E-state index is 0. The second-order valence-electron chi connectivity index (χ2n) is 4.99. The zero-order valence-electron chi connectivity index (χ0n) is 11.0. The average molecular weight is 287 g/mol. The number of nitrogens with zero attached hydrogens (tertiary/aromatic N) is 1. The number of piperidine rings is 1. The third-order valence-corrected chi connectivity index (χ3v) is 3.59. The van der Waals surface area contributed by atoms with Gasteiger partial charge in [-0.2, -0.15) is 0 Å². The molecule has 2 unspecified atom stereocenters. The second-order valence-corrected chi connectivity index (χ2v) is 4.99. The number of amides is 1. The maximum absolute atomic E-state index is 13.6. The average Bonchev–Trinajstić information content (AvgIpc) is 2.38. The van der Waals surface area contributed by atoms with Crippen LogP contribution in [-0.2, 0) is 0 Å². The minimum atomic E-state index is -0.453. The first-order valence-electron chi connectivity index (χ1n) is 6.39. The topological polar surface area (TPSA) is 46.3 Å². The first-order valence-corrected chi connectivity index (χ1v) is 6.39. The summed E-state index contributed by atoms with van der Waals surface area (Å²) in [5, 5.41) is 0. The van der Waals surface area contributed by atoms with Gasteiger partial charge in [-0.1, -0.05) is 12.1 Å². The lowest BCUT2D eigenvalue weighted by molar-refractivity contribution is 0.0656. The third-order valence-electron chi connectivity index (χ3n) is 3.59. The highest BCUT2D eigenvalue weighted by Gasteiger charge is 2.27. The fourth-order valence-corrected chi connectivity index (χ4v) is 2.43. The maximum Gasteiger partial charge on any atom is 0.256 e. The Hall–Kier alpha value is -1.13. The van der Waals surface area contributed by atoms with Crippen molar-refractivity contribution in [3.8, 4) is 0 Å². The summed E-state index contributed by atoms with van der Waals surface area (Å²) in [6, 6.07) is 6.20. The molecule has 1 saturated heterocycles. The van der Waals surface area contributed by atoms with Gasteiger partial charge in [0.05, 0.1) is 5.56 Å². The van der Waals surface area contributed by atoms with Crippen molar-refractivity contribution in [2.45, 2.75) is 25.8 Å². The van der Waals surface area contributed by atoms with Crippen LogP contribution in [0.25, 0.3) is 0 Å². The highest BCUT2D eigenvalue weighted by molar-refractivity contribution is 5.94. The summed E-state index contributed by atoms with van der Waals surface area (Å²) >= 11 is 0. The standard InChI is InChI=1S/C14H19FN2O.ClH/c1-10(16)11-5-4-8-17(9-11)14(18)12-6-2-3-7-13(12)15;/h2-3,6-7,10-11H,4-5,8-9,16H2,1H3;1H. The van der Waals surface area contributed by atoms with E-state index in [1.807, 2.05) is 6.92 Å². The van der Waals surface area contributed by atoms with E-state index < -0.39 is 5.82 Å². The van der Waals surface area contributed by atoms with Gasteiger partial charge in [0.25, 0.3) is 5.91 Å². The van der Waals surface area contributed by atoms with E-state index in [0.717, 1.165) is 12.8 Å². The zero-order valence-corrected chi connectivity index (χ0v) is 11.8. The quantitative estimate of drug-likeness (QED) is 0.908. The molecule has 1 aliphatic heterocycles. The highest BCUT2D eigenvalue weighted by atomic mass is 35.5. The van der Waals surface area contributed by atoms with Crippen molar-refractivity contribution in [3.05, 3.63) is 35.6 Å². The van der Waals surface area contributed by atoms with E-state index in [-0.39, 0.29) is 29.9 Å². The van der Waals surface area contributed by atoms with E-state index in [4.69, 9.17) is 5.73 Å². The number of nitrogens with two attached hydrogens (primary N) is 1. The molecule has 0 saturated carbocycles. The summed E-state index contributed by atoms with van der Waals surface area (Å²) < 4.78 is 13.6. The molecule has 5 heteroatoms. The van der Waals surface area contributed by atoms with Crippen LogP contribution in [0.2, 0.25) is 0 Å². The molecule has 1 aromatic rings. The lowest BCUT2D eigenvalue weighted by Crippen LogP contribution is -2.45. The molecule has 19 heavy (non-hydrogen) atoms. The second kappa shape index (κ2) is 6.87. The lowest BCUT2D eigenvalue weighted by Gasteiger charge is -2.34. The molecule has 2 N–H and O–H groups in total. The molecule has 0 radical (unpaired) electrons. The van der Waals surface area contributed by atoms with Gasteiger partial charge < -0.3 is 10.6 Å². The van der Waals surface area contributed by atoms with E-state index in [1.54, 1.807) is 17.0 Å². The summed E-state index contributed by atoms with van der Waals surface area (Å²) in [7, 11) is 0. The zero-order chi connectivity index (χ0) is 13.1. The molecule has 1 aliphatic rings. The molecule has 3 nitrogen and oxygen atoms in total. The molecular weight excluding hydrogens is 267 g/mol. The largest absolute Gasteiger partial charge is 0.338 e. The first-order chi connectivity index (χ1) is 8.59. The Morgan fingerprint density at radius 1 is 1.47 bits per heavy atom. The van der Waals surface area contributed by atoms with Crippen molar-refractivity contribution < 1.29 is 9.18 Å². The van der Waals surface area contributed by atoms with E-state index in [1.165, 1.54) is 12.1 Å². The number of carbonyl (C=O) groups is 1. The Kier molecular flexibility index (Phi) is 5.76. The van der Waals surface area contributed by atoms with Gasteiger partial charge in [0.15, 0.2) is 0 Å². The predicted octanol–water partition coefficient (Wildman–Crippen LogP) is 2.45. The predicted molar refractivity (Wildman–Crippen MR) is 75.9 cm³/mol. The normalized spacial score (nSPS) is 20.6. The van der Waals surface area contributed by atoms with Crippen molar-refractivity contribution in [2.24, 2.45) is 11.7 Å². The minimum Gasteiger partial charge on any atom is -0.338 e. The van der Waals surface area contributed by atoms with E-state index >= 15 is 0 Å². The molecule has 1 heterocycles. The van der Waals surface area contributed by atoms with Gasteiger partial charge in [-0.3, -0.25) is 4.79 Å². The number of benzene rings is 1. The molecule has 1 amide bonds. The Morgan fingerprint density at radius 3 is 2.79 bits per heavy atom. The molecular formula is C14H20ClFN2O. The van der Waals surface area contributed by atoms with Crippen LogP contribution in [0, 0.1) is 11.7 Å². The Morgan fingerprint density at radius 2 is 2.16 bits per heavy atom. The van der Waals surface area contributed by atoms with Crippen molar-refractivity contribution in [2.75, 3.05) is 13.1 Å². The van der Waals surface area contributed by atoms with Gasteiger partial charge in [0.2, 0.25) is 0 Å². The number of carbonyl (C=O) groups excluding carboxylic acids is 1. The number of likely N-dealkylation sites (tertiary alicyclic amines) is 1.